The second kappa shape index (κ2) is 6.57. The minimum Gasteiger partial charge on any atom is -0.375 e. The van der Waals surface area contributed by atoms with Crippen LogP contribution in [0.3, 0.4) is 0 Å². The van der Waals surface area contributed by atoms with Gasteiger partial charge in [-0.3, -0.25) is 0 Å². The van der Waals surface area contributed by atoms with Crippen LogP contribution < -0.4 is 0 Å². The van der Waals surface area contributed by atoms with Crippen molar-refractivity contribution < 1.29 is 9.53 Å². The highest BCUT2D eigenvalue weighted by Gasteiger charge is 2.24. The third-order valence-corrected chi connectivity index (χ3v) is 3.39. The monoisotopic (exact) mass is 262 g/mol. The summed E-state index contributed by atoms with van der Waals surface area (Å²) >= 11 is 0. The maximum atomic E-state index is 11.9. The van der Waals surface area contributed by atoms with Gasteiger partial charge in [0.2, 0.25) is 0 Å². The number of rotatable bonds is 3. The van der Waals surface area contributed by atoms with Gasteiger partial charge in [-0.2, -0.15) is 0 Å². The Labute approximate surface area is 115 Å². The number of amides is 2. The summed E-state index contributed by atoms with van der Waals surface area (Å²) in [5.41, 5.74) is 1.32. The predicted octanol–water partition coefficient (Wildman–Crippen LogP) is 2.00. The van der Waals surface area contributed by atoms with E-state index in [0.29, 0.717) is 19.7 Å². The molecule has 2 rings (SSSR count). The molecular weight excluding hydrogens is 240 g/mol. The molecule has 1 fully saturated rings. The Hall–Kier alpha value is -1.55. The lowest BCUT2D eigenvalue weighted by Crippen LogP contribution is -2.49. The van der Waals surface area contributed by atoms with Gasteiger partial charge in [0, 0.05) is 27.2 Å². The Bertz CT molecular complexity index is 406. The summed E-state index contributed by atoms with van der Waals surface area (Å²) in [7, 11) is 3.58. The van der Waals surface area contributed by atoms with Crippen LogP contribution in [0.15, 0.2) is 30.3 Å². The third-order valence-electron chi connectivity index (χ3n) is 3.39. The number of carbonyl (C=O) groups is 1. The van der Waals surface area contributed by atoms with Gasteiger partial charge in [-0.25, -0.2) is 4.79 Å². The molecule has 0 aliphatic carbocycles. The number of aryl methyl sites for hydroxylation is 1. The van der Waals surface area contributed by atoms with E-state index < -0.39 is 0 Å². The standard InChI is InChI=1S/C15H22N2O2/c1-16(2)15(18)17-10-11-19-14(12-17)9-8-13-6-4-3-5-7-13/h3-7,14H,8-12H2,1-2H3/t14-/m0/s1. The van der Waals surface area contributed by atoms with Gasteiger partial charge in [-0.05, 0) is 18.4 Å². The number of benzene rings is 1. The zero-order valence-electron chi connectivity index (χ0n) is 11.7. The highest BCUT2D eigenvalue weighted by atomic mass is 16.5. The van der Waals surface area contributed by atoms with E-state index >= 15 is 0 Å². The van der Waals surface area contributed by atoms with Crippen molar-refractivity contribution in [2.45, 2.75) is 18.9 Å². The van der Waals surface area contributed by atoms with Crippen LogP contribution in [0.5, 0.6) is 0 Å². The van der Waals surface area contributed by atoms with Crippen molar-refractivity contribution in [2.75, 3.05) is 33.8 Å². The van der Waals surface area contributed by atoms with Gasteiger partial charge in [-0.1, -0.05) is 30.3 Å². The minimum atomic E-state index is 0.0769. The van der Waals surface area contributed by atoms with Gasteiger partial charge >= 0.3 is 6.03 Å². The largest absolute Gasteiger partial charge is 0.375 e. The van der Waals surface area contributed by atoms with Crippen LogP contribution in [0, 0.1) is 0 Å². The summed E-state index contributed by atoms with van der Waals surface area (Å²) in [6, 6.07) is 10.5. The van der Waals surface area contributed by atoms with E-state index in [-0.39, 0.29) is 12.1 Å². The van der Waals surface area contributed by atoms with Crippen molar-refractivity contribution in [3.05, 3.63) is 35.9 Å². The topological polar surface area (TPSA) is 32.8 Å². The first kappa shape index (κ1) is 13.9. The molecule has 1 aromatic carbocycles. The summed E-state index contributed by atoms with van der Waals surface area (Å²) < 4.78 is 5.75. The normalized spacial score (nSPS) is 19.3. The molecule has 0 saturated carbocycles. The summed E-state index contributed by atoms with van der Waals surface area (Å²) in [5.74, 6) is 0. The second-order valence-electron chi connectivity index (χ2n) is 5.14. The molecule has 4 heteroatoms. The lowest BCUT2D eigenvalue weighted by molar-refractivity contribution is -0.0209. The highest BCUT2D eigenvalue weighted by Crippen LogP contribution is 2.13. The highest BCUT2D eigenvalue weighted by molar-refractivity contribution is 5.73. The molecule has 1 heterocycles. The Kier molecular flexibility index (Phi) is 4.80. The number of hydrogen-bond acceptors (Lipinski definition) is 2. The maximum absolute atomic E-state index is 11.9. The first-order valence-corrected chi connectivity index (χ1v) is 6.78. The average molecular weight is 262 g/mol. The van der Waals surface area contributed by atoms with E-state index in [1.54, 1.807) is 19.0 Å². The van der Waals surface area contributed by atoms with E-state index in [1.807, 2.05) is 11.0 Å². The zero-order chi connectivity index (χ0) is 13.7. The van der Waals surface area contributed by atoms with Gasteiger partial charge in [0.1, 0.15) is 0 Å². The molecule has 1 atom stereocenters. The summed E-state index contributed by atoms with van der Waals surface area (Å²) in [4.78, 5) is 15.4. The molecule has 104 valence electrons. The molecule has 0 N–H and O–H groups in total. The van der Waals surface area contributed by atoms with Crippen LogP contribution in [-0.4, -0.2) is 55.7 Å². The summed E-state index contributed by atoms with van der Waals surface area (Å²) in [6.45, 7) is 2.03. The molecule has 0 aromatic heterocycles. The maximum Gasteiger partial charge on any atom is 0.319 e. The van der Waals surface area contributed by atoms with Crippen LogP contribution in [-0.2, 0) is 11.2 Å². The van der Waals surface area contributed by atoms with E-state index in [9.17, 15) is 4.79 Å². The van der Waals surface area contributed by atoms with Gasteiger partial charge in [-0.15, -0.1) is 0 Å². The van der Waals surface area contributed by atoms with E-state index in [4.69, 9.17) is 4.74 Å². The number of morpholine rings is 1. The Balaban J connectivity index is 1.83. The van der Waals surface area contributed by atoms with Crippen molar-refractivity contribution in [1.82, 2.24) is 9.80 Å². The average Bonchev–Trinajstić information content (AvgIpc) is 2.45. The van der Waals surface area contributed by atoms with Gasteiger partial charge in [0.05, 0.1) is 12.7 Å². The summed E-state index contributed by atoms with van der Waals surface area (Å²) in [5, 5.41) is 0. The SMILES string of the molecule is CN(C)C(=O)N1CCO[C@@H](CCc2ccccc2)C1. The number of urea groups is 1. The molecule has 0 radical (unpaired) electrons. The number of hydrogen-bond donors (Lipinski definition) is 0. The lowest BCUT2D eigenvalue weighted by Gasteiger charge is -2.34. The Morgan fingerprint density at radius 1 is 1.37 bits per heavy atom. The Morgan fingerprint density at radius 3 is 2.79 bits per heavy atom. The summed E-state index contributed by atoms with van der Waals surface area (Å²) in [6.07, 6.45) is 2.11. The molecule has 4 nitrogen and oxygen atoms in total. The molecule has 1 aliphatic rings. The molecule has 0 spiro atoms. The van der Waals surface area contributed by atoms with Crippen molar-refractivity contribution in [1.29, 1.82) is 0 Å². The third kappa shape index (κ3) is 3.96. The van der Waals surface area contributed by atoms with Crippen LogP contribution >= 0.6 is 0 Å². The fourth-order valence-corrected chi connectivity index (χ4v) is 2.32. The molecule has 2 amide bonds. The van der Waals surface area contributed by atoms with Crippen LogP contribution in [0.2, 0.25) is 0 Å². The molecule has 1 aliphatic heterocycles. The molecule has 0 bridgehead atoms. The smallest absolute Gasteiger partial charge is 0.319 e. The first-order chi connectivity index (χ1) is 9.16. The van der Waals surface area contributed by atoms with E-state index in [1.165, 1.54) is 5.56 Å². The van der Waals surface area contributed by atoms with Crippen LogP contribution in [0.1, 0.15) is 12.0 Å². The predicted molar refractivity (Wildman–Crippen MR) is 75.2 cm³/mol. The Morgan fingerprint density at radius 2 is 2.11 bits per heavy atom. The van der Waals surface area contributed by atoms with E-state index in [0.717, 1.165) is 12.8 Å². The van der Waals surface area contributed by atoms with E-state index in [2.05, 4.69) is 24.3 Å². The first-order valence-electron chi connectivity index (χ1n) is 6.78. The second-order valence-corrected chi connectivity index (χ2v) is 5.14. The molecule has 0 unspecified atom stereocenters. The molecular formula is C15H22N2O2. The van der Waals surface area contributed by atoms with Crippen molar-refractivity contribution in [2.24, 2.45) is 0 Å². The fraction of sp³-hybridized carbons (Fsp3) is 0.533. The fourth-order valence-electron chi connectivity index (χ4n) is 2.32. The molecule has 19 heavy (non-hydrogen) atoms. The minimum absolute atomic E-state index is 0.0769. The quantitative estimate of drug-likeness (QED) is 0.834. The molecule has 1 saturated heterocycles. The van der Waals surface area contributed by atoms with Crippen molar-refractivity contribution in [3.8, 4) is 0 Å². The van der Waals surface area contributed by atoms with Crippen LogP contribution in [0.25, 0.3) is 0 Å². The number of nitrogens with zero attached hydrogens (tertiary/aromatic N) is 2. The number of carbonyl (C=O) groups excluding carboxylic acids is 1. The number of ether oxygens (including phenoxy) is 1. The van der Waals surface area contributed by atoms with Gasteiger partial charge in [0.25, 0.3) is 0 Å². The lowest BCUT2D eigenvalue weighted by atomic mass is 10.1. The van der Waals surface area contributed by atoms with Gasteiger partial charge < -0.3 is 14.5 Å². The van der Waals surface area contributed by atoms with Crippen LogP contribution in [0.4, 0.5) is 4.79 Å². The van der Waals surface area contributed by atoms with Crippen molar-refractivity contribution >= 4 is 6.03 Å². The van der Waals surface area contributed by atoms with Gasteiger partial charge in [0.15, 0.2) is 0 Å². The zero-order valence-corrected chi connectivity index (χ0v) is 11.7. The van der Waals surface area contributed by atoms with Crippen molar-refractivity contribution in [3.63, 3.8) is 0 Å². The molecule has 1 aromatic rings.